The Balaban J connectivity index is 1.56. The largest absolute Gasteiger partial charge is 0.347 e. The Morgan fingerprint density at radius 1 is 1.07 bits per heavy atom. The second-order valence-electron chi connectivity index (χ2n) is 6.39. The summed E-state index contributed by atoms with van der Waals surface area (Å²) in [5.41, 5.74) is 3.58. The summed E-state index contributed by atoms with van der Waals surface area (Å²) < 4.78 is 3.70. The molecule has 0 saturated heterocycles. The number of hydrogen-bond donors (Lipinski definition) is 1. The summed E-state index contributed by atoms with van der Waals surface area (Å²) in [4.78, 5) is 12.8. The van der Waals surface area contributed by atoms with Crippen molar-refractivity contribution in [2.24, 2.45) is 7.05 Å². The molecule has 0 aliphatic carbocycles. The number of fused-ring (bicyclic) bond motifs is 1. The van der Waals surface area contributed by atoms with E-state index in [-0.39, 0.29) is 5.91 Å². The minimum atomic E-state index is -0.187. The number of carbonyl (C=O) groups excluding carboxylic acids is 1. The van der Waals surface area contributed by atoms with E-state index in [1.54, 1.807) is 6.20 Å². The molecule has 0 spiro atoms. The van der Waals surface area contributed by atoms with E-state index in [9.17, 15) is 4.79 Å². The van der Waals surface area contributed by atoms with Gasteiger partial charge in [0, 0.05) is 36.9 Å². The molecule has 0 aliphatic rings. The molecule has 2 aromatic heterocycles. The van der Waals surface area contributed by atoms with Crippen molar-refractivity contribution in [3.05, 3.63) is 88.8 Å². The molecular formula is C21H19ClN4O. The summed E-state index contributed by atoms with van der Waals surface area (Å²) in [6.07, 6.45) is 3.68. The lowest BCUT2D eigenvalue weighted by Crippen LogP contribution is -2.26. The molecule has 0 atom stereocenters. The third-order valence-corrected chi connectivity index (χ3v) is 5.09. The van der Waals surface area contributed by atoms with Crippen molar-refractivity contribution in [1.82, 2.24) is 19.7 Å². The normalized spacial score (nSPS) is 11.0. The molecule has 0 saturated carbocycles. The average molecular weight is 379 g/mol. The zero-order chi connectivity index (χ0) is 18.8. The predicted molar refractivity (Wildman–Crippen MR) is 107 cm³/mol. The van der Waals surface area contributed by atoms with Gasteiger partial charge < -0.3 is 9.88 Å². The predicted octanol–water partition coefficient (Wildman–Crippen LogP) is 4.01. The van der Waals surface area contributed by atoms with Crippen LogP contribution < -0.4 is 5.32 Å². The lowest BCUT2D eigenvalue weighted by molar-refractivity contribution is 0.0943. The number of aryl methyl sites for hydroxylation is 1. The molecule has 2 heterocycles. The van der Waals surface area contributed by atoms with Gasteiger partial charge in [-0.25, -0.2) is 0 Å². The van der Waals surface area contributed by atoms with Gasteiger partial charge in [0.2, 0.25) is 0 Å². The molecule has 6 heteroatoms. The van der Waals surface area contributed by atoms with E-state index in [2.05, 4.69) is 10.4 Å². The van der Waals surface area contributed by atoms with Crippen LogP contribution in [0.15, 0.2) is 67.0 Å². The van der Waals surface area contributed by atoms with Crippen molar-refractivity contribution in [3.63, 3.8) is 0 Å². The van der Waals surface area contributed by atoms with E-state index in [0.29, 0.717) is 23.8 Å². The van der Waals surface area contributed by atoms with Crippen LogP contribution in [0.3, 0.4) is 0 Å². The maximum atomic E-state index is 12.8. The van der Waals surface area contributed by atoms with Crippen molar-refractivity contribution in [2.45, 2.75) is 13.1 Å². The van der Waals surface area contributed by atoms with Crippen LogP contribution in [-0.4, -0.2) is 20.3 Å². The Bertz CT molecular complexity index is 1060. The van der Waals surface area contributed by atoms with E-state index >= 15 is 0 Å². The summed E-state index contributed by atoms with van der Waals surface area (Å²) in [6, 6.07) is 17.7. The number of amides is 1. The van der Waals surface area contributed by atoms with Crippen molar-refractivity contribution in [2.75, 3.05) is 0 Å². The number of para-hydroxylation sites is 1. The van der Waals surface area contributed by atoms with E-state index in [4.69, 9.17) is 11.6 Å². The van der Waals surface area contributed by atoms with Gasteiger partial charge in [0.05, 0.1) is 11.6 Å². The first kappa shape index (κ1) is 17.4. The molecule has 2 aromatic carbocycles. The number of aromatic nitrogens is 3. The molecule has 27 heavy (non-hydrogen) atoms. The Morgan fingerprint density at radius 3 is 2.56 bits per heavy atom. The molecule has 136 valence electrons. The highest BCUT2D eigenvalue weighted by Crippen LogP contribution is 2.29. The Kier molecular flexibility index (Phi) is 4.69. The van der Waals surface area contributed by atoms with Crippen LogP contribution in [0.5, 0.6) is 0 Å². The molecule has 0 unspecified atom stereocenters. The lowest BCUT2D eigenvalue weighted by atomic mass is 10.1. The molecule has 0 aliphatic heterocycles. The minimum absolute atomic E-state index is 0.187. The van der Waals surface area contributed by atoms with Crippen molar-refractivity contribution in [3.8, 4) is 0 Å². The summed E-state index contributed by atoms with van der Waals surface area (Å²) in [6.45, 7) is 1.09. The summed E-state index contributed by atoms with van der Waals surface area (Å²) in [5.74, 6) is -0.187. The Labute approximate surface area is 162 Å². The van der Waals surface area contributed by atoms with Crippen LogP contribution in [0.2, 0.25) is 5.02 Å². The lowest BCUT2D eigenvalue weighted by Gasteiger charge is -2.12. The summed E-state index contributed by atoms with van der Waals surface area (Å²) in [5, 5.41) is 8.62. The quantitative estimate of drug-likeness (QED) is 0.570. The molecule has 0 radical (unpaired) electrons. The summed E-state index contributed by atoms with van der Waals surface area (Å²) in [7, 11) is 1.86. The first-order chi connectivity index (χ1) is 13.1. The second kappa shape index (κ2) is 7.29. The number of carbonyl (C=O) groups is 1. The van der Waals surface area contributed by atoms with Gasteiger partial charge in [-0.3, -0.25) is 9.48 Å². The second-order valence-corrected chi connectivity index (χ2v) is 6.77. The fourth-order valence-electron chi connectivity index (χ4n) is 3.31. The molecule has 1 N–H and O–H groups in total. The van der Waals surface area contributed by atoms with Crippen molar-refractivity contribution < 1.29 is 4.79 Å². The summed E-state index contributed by atoms with van der Waals surface area (Å²) >= 11 is 6.47. The third-order valence-electron chi connectivity index (χ3n) is 4.71. The highest BCUT2D eigenvalue weighted by Gasteiger charge is 2.19. The number of benzene rings is 2. The van der Waals surface area contributed by atoms with Gasteiger partial charge in [-0.15, -0.1) is 0 Å². The standard InChI is InChI=1S/C21H19ClN4O/c1-25-18-10-5-4-9-17(18)19(22)20(25)21(27)23-13-15-7-2-3-8-16(15)14-26-12-6-11-24-26/h2-12H,13-14H2,1H3,(H,23,27). The van der Waals surface area contributed by atoms with Gasteiger partial charge in [0.1, 0.15) is 5.69 Å². The average Bonchev–Trinajstić information content (AvgIpc) is 3.28. The zero-order valence-corrected chi connectivity index (χ0v) is 15.6. The number of nitrogens with zero attached hydrogens (tertiary/aromatic N) is 3. The molecule has 4 aromatic rings. The molecule has 5 nitrogen and oxygen atoms in total. The number of hydrogen-bond acceptors (Lipinski definition) is 2. The number of halogens is 1. The van der Waals surface area contributed by atoms with E-state index in [1.165, 1.54) is 0 Å². The Morgan fingerprint density at radius 2 is 1.81 bits per heavy atom. The highest BCUT2D eigenvalue weighted by atomic mass is 35.5. The number of nitrogens with one attached hydrogen (secondary N) is 1. The zero-order valence-electron chi connectivity index (χ0n) is 14.9. The van der Waals surface area contributed by atoms with Gasteiger partial charge in [-0.2, -0.15) is 5.10 Å². The fourth-order valence-corrected chi connectivity index (χ4v) is 3.68. The van der Waals surface area contributed by atoms with E-state index in [1.807, 2.05) is 77.1 Å². The third kappa shape index (κ3) is 3.34. The molecule has 0 bridgehead atoms. The molecular weight excluding hydrogens is 360 g/mol. The van der Waals surface area contributed by atoms with Gasteiger partial charge >= 0.3 is 0 Å². The van der Waals surface area contributed by atoms with Crippen LogP contribution in [0.25, 0.3) is 10.9 Å². The molecule has 0 fully saturated rings. The van der Waals surface area contributed by atoms with Crippen LogP contribution in [0, 0.1) is 0 Å². The van der Waals surface area contributed by atoms with Crippen LogP contribution in [0.4, 0.5) is 0 Å². The first-order valence-corrected chi connectivity index (χ1v) is 9.08. The van der Waals surface area contributed by atoms with E-state index in [0.717, 1.165) is 22.0 Å². The van der Waals surface area contributed by atoms with Crippen LogP contribution in [0.1, 0.15) is 21.6 Å². The van der Waals surface area contributed by atoms with Gasteiger partial charge in [0.25, 0.3) is 5.91 Å². The molecule has 4 rings (SSSR count). The van der Waals surface area contributed by atoms with Gasteiger partial charge in [-0.05, 0) is 23.3 Å². The maximum Gasteiger partial charge on any atom is 0.269 e. The van der Waals surface area contributed by atoms with Crippen LogP contribution >= 0.6 is 11.6 Å². The Hall–Kier alpha value is -3.05. The van der Waals surface area contributed by atoms with Crippen molar-refractivity contribution in [1.29, 1.82) is 0 Å². The van der Waals surface area contributed by atoms with Crippen molar-refractivity contribution >= 4 is 28.4 Å². The van der Waals surface area contributed by atoms with E-state index < -0.39 is 0 Å². The van der Waals surface area contributed by atoms with Gasteiger partial charge in [0.15, 0.2) is 0 Å². The highest BCUT2D eigenvalue weighted by molar-refractivity contribution is 6.38. The first-order valence-electron chi connectivity index (χ1n) is 8.70. The smallest absolute Gasteiger partial charge is 0.269 e. The fraction of sp³-hybridized carbons (Fsp3) is 0.143. The minimum Gasteiger partial charge on any atom is -0.347 e. The topological polar surface area (TPSA) is 51.9 Å². The SMILES string of the molecule is Cn1c(C(=O)NCc2ccccc2Cn2cccn2)c(Cl)c2ccccc21. The van der Waals surface area contributed by atoms with Gasteiger partial charge in [-0.1, -0.05) is 54.1 Å². The van der Waals surface area contributed by atoms with Crippen LogP contribution in [-0.2, 0) is 20.1 Å². The maximum absolute atomic E-state index is 12.8. The monoisotopic (exact) mass is 378 g/mol. The molecule has 1 amide bonds. The number of rotatable bonds is 5.